The molecule has 202 valence electrons. The molecule has 0 saturated carbocycles. The Morgan fingerprint density at radius 1 is 0.947 bits per heavy atom. The highest BCUT2D eigenvalue weighted by atomic mass is 19.4. The van der Waals surface area contributed by atoms with E-state index in [2.05, 4.69) is 5.32 Å². The van der Waals surface area contributed by atoms with Crippen molar-refractivity contribution < 1.29 is 32.6 Å². The summed E-state index contributed by atoms with van der Waals surface area (Å²) in [6.07, 6.45) is -4.98. The highest BCUT2D eigenvalue weighted by Gasteiger charge is 2.35. The second kappa shape index (κ2) is 11.7. The minimum Gasteiger partial charge on any atom is -0.485 e. The van der Waals surface area contributed by atoms with Crippen molar-refractivity contribution in [1.29, 1.82) is 0 Å². The second-order valence-electron chi connectivity index (χ2n) is 10.0. The van der Waals surface area contributed by atoms with E-state index in [1.54, 1.807) is 54.6 Å². The van der Waals surface area contributed by atoms with Gasteiger partial charge in [0.1, 0.15) is 11.9 Å². The van der Waals surface area contributed by atoms with Crippen LogP contribution < -0.4 is 10.1 Å². The van der Waals surface area contributed by atoms with Crippen molar-refractivity contribution in [2.75, 3.05) is 6.54 Å². The molecule has 0 saturated heterocycles. The summed E-state index contributed by atoms with van der Waals surface area (Å²) < 4.78 is 48.5. The molecule has 0 fully saturated rings. The third-order valence-corrected chi connectivity index (χ3v) is 6.12. The van der Waals surface area contributed by atoms with Crippen molar-refractivity contribution in [2.24, 2.45) is 0 Å². The van der Waals surface area contributed by atoms with E-state index in [1.165, 1.54) is 6.07 Å². The summed E-state index contributed by atoms with van der Waals surface area (Å²) in [4.78, 5) is 23.3. The van der Waals surface area contributed by atoms with Gasteiger partial charge in [0.05, 0.1) is 12.0 Å². The molecular formula is C30H32F3NO4. The monoisotopic (exact) mass is 527 g/mol. The number of halogens is 3. The van der Waals surface area contributed by atoms with E-state index in [9.17, 15) is 22.8 Å². The molecule has 0 aliphatic heterocycles. The number of benzene rings is 3. The Morgan fingerprint density at radius 2 is 1.63 bits per heavy atom. The van der Waals surface area contributed by atoms with Gasteiger partial charge in [0, 0.05) is 17.7 Å². The Labute approximate surface area is 220 Å². The molecule has 0 aliphatic rings. The van der Waals surface area contributed by atoms with Crippen LogP contribution in [-0.4, -0.2) is 23.5 Å². The van der Waals surface area contributed by atoms with Crippen molar-refractivity contribution >= 4 is 11.9 Å². The smallest absolute Gasteiger partial charge is 0.417 e. The summed E-state index contributed by atoms with van der Waals surface area (Å²) in [5.74, 6) is -0.964. The fourth-order valence-electron chi connectivity index (χ4n) is 4.15. The van der Waals surface area contributed by atoms with Crippen LogP contribution in [0, 0.1) is 0 Å². The number of nitrogens with one attached hydrogen (secondary N) is 1. The van der Waals surface area contributed by atoms with Gasteiger partial charge in [-0.05, 0) is 52.8 Å². The number of amides is 1. The topological polar surface area (TPSA) is 75.6 Å². The molecule has 1 amide bonds. The molecule has 3 rings (SSSR count). The Kier molecular flexibility index (Phi) is 8.86. The fraction of sp³-hybridized carbons (Fsp3) is 0.333. The lowest BCUT2D eigenvalue weighted by Crippen LogP contribution is -2.26. The van der Waals surface area contributed by atoms with Crippen LogP contribution in [0.4, 0.5) is 13.2 Å². The molecule has 38 heavy (non-hydrogen) atoms. The van der Waals surface area contributed by atoms with E-state index in [4.69, 9.17) is 9.84 Å². The number of hydrogen-bond donors (Lipinski definition) is 2. The van der Waals surface area contributed by atoms with Gasteiger partial charge >= 0.3 is 12.1 Å². The zero-order valence-corrected chi connectivity index (χ0v) is 21.9. The summed E-state index contributed by atoms with van der Waals surface area (Å²) >= 11 is 0. The first-order valence-electron chi connectivity index (χ1n) is 12.4. The number of carboxylic acids is 1. The molecule has 0 radical (unpaired) electrons. The van der Waals surface area contributed by atoms with Gasteiger partial charge in [-0.15, -0.1) is 0 Å². The van der Waals surface area contributed by atoms with Gasteiger partial charge in [-0.2, -0.15) is 13.2 Å². The molecule has 0 aliphatic carbocycles. The molecule has 0 spiro atoms. The number of carbonyl (C=O) groups is 2. The summed E-state index contributed by atoms with van der Waals surface area (Å²) in [5, 5.41) is 11.4. The lowest BCUT2D eigenvalue weighted by molar-refractivity contribution is -0.137. The van der Waals surface area contributed by atoms with E-state index < -0.39 is 35.1 Å². The highest BCUT2D eigenvalue weighted by Crippen LogP contribution is 2.40. The normalized spacial score (nSPS) is 12.6. The number of alkyl halides is 3. The molecule has 1 atom stereocenters. The number of carboxylic acid groups (broad SMARTS) is 1. The molecule has 3 aromatic rings. The molecule has 8 heteroatoms. The van der Waals surface area contributed by atoms with Gasteiger partial charge in [0.25, 0.3) is 5.91 Å². The Bertz CT molecular complexity index is 1280. The van der Waals surface area contributed by atoms with Crippen LogP contribution in [0.2, 0.25) is 0 Å². The zero-order valence-electron chi connectivity index (χ0n) is 21.9. The third-order valence-electron chi connectivity index (χ3n) is 6.12. The lowest BCUT2D eigenvalue weighted by Gasteiger charge is -2.27. The largest absolute Gasteiger partial charge is 0.485 e. The zero-order chi connectivity index (χ0) is 28.1. The number of ether oxygens (including phenoxy) is 1. The maximum absolute atomic E-state index is 14.1. The van der Waals surface area contributed by atoms with Crippen molar-refractivity contribution in [2.45, 2.75) is 58.2 Å². The Hall–Kier alpha value is -3.81. The molecule has 1 unspecified atom stereocenters. The molecule has 0 bridgehead atoms. The van der Waals surface area contributed by atoms with E-state index in [0.29, 0.717) is 34.4 Å². The average Bonchev–Trinajstić information content (AvgIpc) is 2.86. The molecule has 3 aromatic carbocycles. The fourth-order valence-corrected chi connectivity index (χ4v) is 4.15. The van der Waals surface area contributed by atoms with Crippen molar-refractivity contribution in [3.63, 3.8) is 0 Å². The lowest BCUT2D eigenvalue weighted by atomic mass is 9.85. The van der Waals surface area contributed by atoms with Gasteiger partial charge in [-0.1, -0.05) is 70.2 Å². The molecular weight excluding hydrogens is 495 g/mol. The quantitative estimate of drug-likeness (QED) is 0.304. The first-order chi connectivity index (χ1) is 17.8. The number of rotatable bonds is 9. The van der Waals surface area contributed by atoms with Gasteiger partial charge in [0.15, 0.2) is 0 Å². The molecule has 0 aromatic heterocycles. The maximum atomic E-state index is 14.1. The average molecular weight is 528 g/mol. The van der Waals surface area contributed by atoms with Gasteiger partial charge in [-0.3, -0.25) is 9.59 Å². The Morgan fingerprint density at radius 3 is 2.21 bits per heavy atom. The maximum Gasteiger partial charge on any atom is 0.417 e. The van der Waals surface area contributed by atoms with Crippen molar-refractivity contribution in [3.05, 3.63) is 89.0 Å². The molecule has 2 N–H and O–H groups in total. The predicted molar refractivity (Wildman–Crippen MR) is 140 cm³/mol. The Balaban J connectivity index is 1.96. The standard InChI is InChI=1S/C30H32F3NO4/c1-5-25(20-11-13-22(19-9-7-6-8-10-19)23(17-20)30(31,32)33)38-26-14-12-21(18-24(26)29(2,3)4)28(37)34-16-15-27(35)36/h6-14,17-18,25H,5,15-16H2,1-4H3,(H,34,37)(H,35,36). The summed E-state index contributed by atoms with van der Waals surface area (Å²) in [6.45, 7) is 7.66. The van der Waals surface area contributed by atoms with E-state index >= 15 is 0 Å². The van der Waals surface area contributed by atoms with E-state index in [-0.39, 0.29) is 18.5 Å². The van der Waals surface area contributed by atoms with Gasteiger partial charge in [-0.25, -0.2) is 0 Å². The summed E-state index contributed by atoms with van der Waals surface area (Å²) in [5.41, 5.74) is 0.853. The minimum absolute atomic E-state index is 0.00427. The number of hydrogen-bond acceptors (Lipinski definition) is 3. The number of carbonyl (C=O) groups excluding carboxylic acids is 1. The van der Waals surface area contributed by atoms with Crippen LogP contribution >= 0.6 is 0 Å². The van der Waals surface area contributed by atoms with Crippen LogP contribution in [0.1, 0.15) is 73.7 Å². The van der Waals surface area contributed by atoms with E-state index in [1.807, 2.05) is 27.7 Å². The van der Waals surface area contributed by atoms with Crippen molar-refractivity contribution in [3.8, 4) is 16.9 Å². The first kappa shape index (κ1) is 28.8. The van der Waals surface area contributed by atoms with Crippen molar-refractivity contribution in [1.82, 2.24) is 5.32 Å². The highest BCUT2D eigenvalue weighted by molar-refractivity contribution is 5.94. The second-order valence-corrected chi connectivity index (χ2v) is 10.0. The van der Waals surface area contributed by atoms with Crippen LogP contribution in [0.3, 0.4) is 0 Å². The number of aliphatic carboxylic acids is 1. The van der Waals surface area contributed by atoms with Crippen LogP contribution in [0.5, 0.6) is 5.75 Å². The van der Waals surface area contributed by atoms with Gasteiger partial charge in [0.2, 0.25) is 0 Å². The first-order valence-corrected chi connectivity index (χ1v) is 12.4. The molecule has 0 heterocycles. The summed E-state index contributed by atoms with van der Waals surface area (Å²) in [6, 6.07) is 17.6. The third kappa shape index (κ3) is 7.15. The minimum atomic E-state index is -4.55. The van der Waals surface area contributed by atoms with Crippen LogP contribution in [0.15, 0.2) is 66.7 Å². The van der Waals surface area contributed by atoms with Crippen LogP contribution in [-0.2, 0) is 16.4 Å². The molecule has 5 nitrogen and oxygen atoms in total. The van der Waals surface area contributed by atoms with E-state index in [0.717, 1.165) is 6.07 Å². The predicted octanol–water partition coefficient (Wildman–Crippen LogP) is 7.40. The SMILES string of the molecule is CCC(Oc1ccc(C(=O)NCCC(=O)O)cc1C(C)(C)C)c1ccc(-c2ccccc2)c(C(F)(F)F)c1. The van der Waals surface area contributed by atoms with Crippen LogP contribution in [0.25, 0.3) is 11.1 Å². The van der Waals surface area contributed by atoms with Gasteiger partial charge < -0.3 is 15.2 Å². The summed E-state index contributed by atoms with van der Waals surface area (Å²) in [7, 11) is 0.